The summed E-state index contributed by atoms with van der Waals surface area (Å²) in [7, 11) is 0. The van der Waals surface area contributed by atoms with Crippen LogP contribution in [0.3, 0.4) is 0 Å². The minimum absolute atomic E-state index is 0.638. The Balaban J connectivity index is 1.11. The molecule has 3 heterocycles. The summed E-state index contributed by atoms with van der Waals surface area (Å²) in [5.74, 6) is 1.94. The Bertz CT molecular complexity index is 2830. The maximum Gasteiger partial charge on any atom is 0.164 e. The van der Waals surface area contributed by atoms with Crippen LogP contribution in [0.15, 0.2) is 188 Å². The molecule has 0 amide bonds. The van der Waals surface area contributed by atoms with E-state index in [9.17, 15) is 0 Å². The van der Waals surface area contributed by atoms with Crippen LogP contribution >= 0.6 is 0 Å². The van der Waals surface area contributed by atoms with Crippen LogP contribution in [0, 0.1) is 0 Å². The maximum absolute atomic E-state index is 4.98. The summed E-state index contributed by atoms with van der Waals surface area (Å²) in [6.45, 7) is 0. The molecule has 0 N–H and O–H groups in total. The third-order valence-electron chi connectivity index (χ3n) is 9.78. The van der Waals surface area contributed by atoms with Crippen molar-refractivity contribution < 1.29 is 0 Å². The smallest absolute Gasteiger partial charge is 0.164 e. The van der Waals surface area contributed by atoms with Crippen LogP contribution in [0.1, 0.15) is 0 Å². The second-order valence-corrected chi connectivity index (χ2v) is 12.9. The highest BCUT2D eigenvalue weighted by atomic mass is 15.0. The van der Waals surface area contributed by atoms with E-state index in [0.29, 0.717) is 17.5 Å². The molecule has 0 unspecified atom stereocenters. The predicted molar refractivity (Wildman–Crippen MR) is 213 cm³/mol. The van der Waals surface area contributed by atoms with Crippen molar-refractivity contribution in [1.82, 2.24) is 24.1 Å². The van der Waals surface area contributed by atoms with Crippen molar-refractivity contribution in [2.75, 3.05) is 0 Å². The minimum Gasteiger partial charge on any atom is -0.316 e. The molecule has 7 aromatic carbocycles. The van der Waals surface area contributed by atoms with Crippen LogP contribution in [-0.4, -0.2) is 24.1 Å². The van der Waals surface area contributed by atoms with Gasteiger partial charge in [-0.05, 0) is 59.7 Å². The number of para-hydroxylation sites is 2. The molecule has 52 heavy (non-hydrogen) atoms. The summed E-state index contributed by atoms with van der Waals surface area (Å²) < 4.78 is 4.70. The lowest BCUT2D eigenvalue weighted by atomic mass is 10.0. The normalized spacial score (nSPS) is 11.5. The molecule has 0 spiro atoms. The molecule has 5 heteroatoms. The van der Waals surface area contributed by atoms with Crippen LogP contribution in [-0.2, 0) is 0 Å². The highest BCUT2D eigenvalue weighted by molar-refractivity contribution is 6.20. The number of fused-ring (bicyclic) bond motifs is 5. The van der Waals surface area contributed by atoms with Gasteiger partial charge in [0.15, 0.2) is 17.5 Å². The van der Waals surface area contributed by atoms with Gasteiger partial charge in [-0.15, -0.1) is 0 Å². The fourth-order valence-corrected chi connectivity index (χ4v) is 7.36. The quantitative estimate of drug-likeness (QED) is 0.178. The Morgan fingerprint density at radius 2 is 0.904 bits per heavy atom. The van der Waals surface area contributed by atoms with Crippen molar-refractivity contribution in [3.05, 3.63) is 188 Å². The van der Waals surface area contributed by atoms with Gasteiger partial charge in [-0.25, -0.2) is 15.0 Å². The molecule has 3 aromatic heterocycles. The highest BCUT2D eigenvalue weighted by Crippen LogP contribution is 2.39. The second-order valence-electron chi connectivity index (χ2n) is 12.9. The monoisotopic (exact) mass is 665 g/mol. The molecular formula is C47H31N5. The SMILES string of the molecule is c1ccc(-c2nc(-c3ccccc3)nc(-c3cccc(-c4cccc(-n5c6ccccc6c6c7c(ccc65)ccn7-c5ccccc5)c4)c3)n2)cc1. The van der Waals surface area contributed by atoms with Gasteiger partial charge in [0.05, 0.1) is 16.6 Å². The Morgan fingerprint density at radius 1 is 0.365 bits per heavy atom. The zero-order valence-electron chi connectivity index (χ0n) is 28.1. The minimum atomic E-state index is 0.638. The van der Waals surface area contributed by atoms with Crippen molar-refractivity contribution in [3.8, 4) is 56.7 Å². The molecule has 0 aliphatic carbocycles. The van der Waals surface area contributed by atoms with E-state index in [1.54, 1.807) is 0 Å². The first-order valence-electron chi connectivity index (χ1n) is 17.5. The third kappa shape index (κ3) is 5.07. The Labute approximate surface area is 300 Å². The van der Waals surface area contributed by atoms with Crippen molar-refractivity contribution in [1.29, 1.82) is 0 Å². The first-order valence-corrected chi connectivity index (χ1v) is 17.5. The molecule has 0 saturated heterocycles. The summed E-state index contributed by atoms with van der Waals surface area (Å²) in [6.07, 6.45) is 2.18. The molecule has 0 aliphatic rings. The number of hydrogen-bond acceptors (Lipinski definition) is 3. The van der Waals surface area contributed by atoms with E-state index in [2.05, 4.69) is 137 Å². The Morgan fingerprint density at radius 3 is 1.62 bits per heavy atom. The number of nitrogens with zero attached hydrogens (tertiary/aromatic N) is 5. The highest BCUT2D eigenvalue weighted by Gasteiger charge is 2.18. The van der Waals surface area contributed by atoms with Gasteiger partial charge in [-0.1, -0.05) is 133 Å². The van der Waals surface area contributed by atoms with Crippen LogP contribution in [0.4, 0.5) is 0 Å². The van der Waals surface area contributed by atoms with E-state index >= 15 is 0 Å². The Kier molecular flexibility index (Phi) is 7.07. The number of hydrogen-bond donors (Lipinski definition) is 0. The summed E-state index contributed by atoms with van der Waals surface area (Å²) >= 11 is 0. The van der Waals surface area contributed by atoms with E-state index in [1.165, 1.54) is 32.7 Å². The number of rotatable bonds is 6. The standard InChI is InChI=1S/C47H31N5/c1-4-14-33(15-5-1)45-48-46(34-16-6-2-7-17-34)50-47(49-45)37-20-12-18-35(30-37)36-19-13-23-39(31-36)52-41-25-11-10-24-40(41)43-42(52)27-26-32-28-29-51(44(32)43)38-21-8-3-9-22-38/h1-31H. The largest absolute Gasteiger partial charge is 0.316 e. The molecule has 0 radical (unpaired) electrons. The van der Waals surface area contributed by atoms with Crippen molar-refractivity contribution in [3.63, 3.8) is 0 Å². The van der Waals surface area contributed by atoms with Gasteiger partial charge in [-0.3, -0.25) is 0 Å². The fraction of sp³-hybridized carbons (Fsp3) is 0. The molecule has 0 bridgehead atoms. The summed E-state index contributed by atoms with van der Waals surface area (Å²) in [5, 5.41) is 3.69. The van der Waals surface area contributed by atoms with E-state index in [0.717, 1.165) is 39.2 Å². The predicted octanol–water partition coefficient (Wildman–Crippen LogP) is 11.6. The summed E-state index contributed by atoms with van der Waals surface area (Å²) in [5.41, 5.74) is 10.8. The maximum atomic E-state index is 4.98. The van der Waals surface area contributed by atoms with E-state index < -0.39 is 0 Å². The average Bonchev–Trinajstić information content (AvgIpc) is 3.81. The molecule has 5 nitrogen and oxygen atoms in total. The van der Waals surface area contributed by atoms with Crippen molar-refractivity contribution >= 4 is 32.7 Å². The molecule has 244 valence electrons. The first-order chi connectivity index (χ1) is 25.8. The number of aromatic nitrogens is 5. The lowest BCUT2D eigenvalue weighted by Gasteiger charge is -2.12. The molecule has 0 aliphatic heterocycles. The van der Waals surface area contributed by atoms with E-state index in [-0.39, 0.29) is 0 Å². The van der Waals surface area contributed by atoms with Gasteiger partial charge < -0.3 is 9.13 Å². The fourth-order valence-electron chi connectivity index (χ4n) is 7.36. The van der Waals surface area contributed by atoms with Crippen molar-refractivity contribution in [2.24, 2.45) is 0 Å². The van der Waals surface area contributed by atoms with Crippen molar-refractivity contribution in [2.45, 2.75) is 0 Å². The molecule has 0 fully saturated rings. The first kappa shape index (κ1) is 29.8. The van der Waals surface area contributed by atoms with Gasteiger partial charge in [0.2, 0.25) is 0 Å². The molecule has 0 saturated carbocycles. The molecule has 10 aromatic rings. The van der Waals surface area contributed by atoms with E-state index in [4.69, 9.17) is 15.0 Å². The van der Waals surface area contributed by atoms with Crippen LogP contribution < -0.4 is 0 Å². The van der Waals surface area contributed by atoms with Gasteiger partial charge in [0, 0.05) is 50.4 Å². The summed E-state index contributed by atoms with van der Waals surface area (Å²) in [4.78, 5) is 14.8. The Hall–Kier alpha value is -7.11. The van der Waals surface area contributed by atoms with Crippen LogP contribution in [0.5, 0.6) is 0 Å². The van der Waals surface area contributed by atoms with Gasteiger partial charge in [0.25, 0.3) is 0 Å². The van der Waals surface area contributed by atoms with Gasteiger partial charge >= 0.3 is 0 Å². The average molecular weight is 666 g/mol. The van der Waals surface area contributed by atoms with Gasteiger partial charge in [-0.2, -0.15) is 0 Å². The lowest BCUT2D eigenvalue weighted by molar-refractivity contribution is 1.07. The summed E-state index contributed by atoms with van der Waals surface area (Å²) in [6, 6.07) is 63.5. The molecule has 0 atom stereocenters. The lowest BCUT2D eigenvalue weighted by Crippen LogP contribution is -2.00. The zero-order chi connectivity index (χ0) is 34.4. The molecular weight excluding hydrogens is 635 g/mol. The van der Waals surface area contributed by atoms with Crippen LogP contribution in [0.2, 0.25) is 0 Å². The molecule has 10 rings (SSSR count). The number of benzene rings is 7. The third-order valence-corrected chi connectivity index (χ3v) is 9.78. The zero-order valence-corrected chi connectivity index (χ0v) is 28.1. The second kappa shape index (κ2) is 12.3. The topological polar surface area (TPSA) is 48.5 Å². The van der Waals surface area contributed by atoms with Crippen LogP contribution in [0.25, 0.3) is 89.4 Å². The van der Waals surface area contributed by atoms with E-state index in [1.807, 2.05) is 60.7 Å². The van der Waals surface area contributed by atoms with Gasteiger partial charge in [0.1, 0.15) is 0 Å².